The molecule has 40 nitrogen and oxygen atoms in total. The van der Waals surface area contributed by atoms with Crippen LogP contribution >= 0.6 is 0 Å². The number of aromatic nitrogens is 2. The number of ether oxygens (including phenoxy) is 10. The molecule has 5 amide bonds. The molecule has 2 aromatic carbocycles. The van der Waals surface area contributed by atoms with Crippen molar-refractivity contribution in [2.45, 2.75) is 237 Å². The maximum absolute atomic E-state index is 14.0. The lowest BCUT2D eigenvalue weighted by Crippen LogP contribution is -2.45. The zero-order valence-corrected chi connectivity index (χ0v) is 77.9. The fourth-order valence-corrected chi connectivity index (χ4v) is 13.5. The summed E-state index contributed by atoms with van der Waals surface area (Å²) in [6, 6.07) is 9.56. The first kappa shape index (κ1) is 118. The van der Waals surface area contributed by atoms with Crippen molar-refractivity contribution >= 4 is 94.1 Å². The number of unbranched alkanes of at least 4 members (excludes halogenated alkanes) is 12. The molecule has 0 spiro atoms. The van der Waals surface area contributed by atoms with E-state index < -0.39 is 94.6 Å². The Bertz CT molecular complexity index is 3960. The standard InChI is InChI=1S/C94H145N9O31/c1-94(2,60-82(108)78(95)59-72-61-96-67-102-72)83(109)62-101-79(31-14-16-38-98-87(113)64-130-52-48-126-42-22-28-75(106)63-129-51-49-127-45-39-99-84(110)36-33-71(92(121)122)55-74(105)26-11-7-3-5-9-17-43-133-76-29-19-24-68(56-76)89(115)116)81(107)58-70(91(119)120)23-13-15-37-97-86(112)65-132-54-50-128-46-40-100-88(114)66-131-53-47-125-41-21-27-73(104)34-35-80(93(123)124)103-85(111)32-12-8-4-6-10-18-44-134-77-30-20-25-69(57-77)90(117)118/h19-20,24-25,29-30,56-57,61,67,70-71,78-80,101H,3-18,21-23,26-28,31-55,58-60,62-66,95H2,1-2H3,(H,96,102)(H,97,112)(H,98,113)(H,99,110)(H,100,114)(H,103,111)(H,115,116)(H,117,118)(H,119,120)(H,121,122)(H,123,124)/t70-,71-,78+,79+,80+/m1/s1. The SMILES string of the molecule is CC(C)(CC(=O)[C@@H](N)Cc1cnc[nH]1)C(=O)CN[C@@H](CCCCNC(=O)COCCOCCCC(=O)COCCOCCNC(=O)CC[C@H](CC(=O)CCCCCCCCOc1cccc(C(=O)O)c1)C(=O)O)C(=O)C[C@@H](CCCCNC(=O)COCCOCCNC(=O)COCCOCCCC(=O)CC[C@H](NC(=O)CCCCCCCCOc1cccc(C(=O)O)c1)C(=O)O)C(=O)O. The van der Waals surface area contributed by atoms with Gasteiger partial charge in [0.1, 0.15) is 55.5 Å². The third-order valence-corrected chi connectivity index (χ3v) is 21.3. The molecule has 0 fully saturated rings. The fraction of sp³-hybridized carbons (Fsp3) is 0.670. The zero-order chi connectivity index (χ0) is 98.2. The lowest BCUT2D eigenvalue weighted by Gasteiger charge is -2.26. The van der Waals surface area contributed by atoms with Crippen LogP contribution in [0.4, 0.5) is 0 Å². The van der Waals surface area contributed by atoms with E-state index in [4.69, 9.17) is 63.3 Å². The second-order valence-electron chi connectivity index (χ2n) is 33.2. The van der Waals surface area contributed by atoms with Gasteiger partial charge in [-0.3, -0.25) is 62.3 Å². The van der Waals surface area contributed by atoms with Crippen molar-refractivity contribution in [3.63, 3.8) is 0 Å². The van der Waals surface area contributed by atoms with Gasteiger partial charge in [-0.15, -0.1) is 0 Å². The molecule has 752 valence electrons. The number of aromatic carboxylic acids is 2. The smallest absolute Gasteiger partial charge is 0.335 e. The number of nitrogens with one attached hydrogen (secondary N) is 7. The number of amides is 5. The minimum atomic E-state index is -1.22. The van der Waals surface area contributed by atoms with Gasteiger partial charge in [-0.25, -0.2) is 19.4 Å². The highest BCUT2D eigenvalue weighted by Gasteiger charge is 2.34. The summed E-state index contributed by atoms with van der Waals surface area (Å²) in [6.45, 7) is 5.45. The zero-order valence-electron chi connectivity index (χ0n) is 77.9. The molecule has 3 rings (SSSR count). The van der Waals surface area contributed by atoms with Crippen LogP contribution in [0.1, 0.15) is 239 Å². The molecule has 0 radical (unpaired) electrons. The average Bonchev–Trinajstić information content (AvgIpc) is 0.968. The molecular weight excluding hydrogens is 1750 g/mol. The van der Waals surface area contributed by atoms with E-state index in [0.29, 0.717) is 81.8 Å². The molecular formula is C94H145N9O31. The van der Waals surface area contributed by atoms with Crippen molar-refractivity contribution in [3.05, 3.63) is 77.9 Å². The lowest BCUT2D eigenvalue weighted by molar-refractivity contribution is -0.144. The minimum absolute atomic E-state index is 0.0129. The molecule has 134 heavy (non-hydrogen) atoms. The second-order valence-corrected chi connectivity index (χ2v) is 33.2. The van der Waals surface area contributed by atoms with E-state index in [-0.39, 0.29) is 274 Å². The normalized spacial score (nSPS) is 12.4. The van der Waals surface area contributed by atoms with Crippen LogP contribution in [-0.2, 0) is 111 Å². The first-order valence-electron chi connectivity index (χ1n) is 46.6. The second kappa shape index (κ2) is 73.9. The van der Waals surface area contributed by atoms with Crippen molar-refractivity contribution in [1.82, 2.24) is 41.9 Å². The summed E-state index contributed by atoms with van der Waals surface area (Å²) in [5, 5.41) is 64.1. The molecule has 1 heterocycles. The summed E-state index contributed by atoms with van der Waals surface area (Å²) >= 11 is 0. The van der Waals surface area contributed by atoms with Gasteiger partial charge in [0, 0.05) is 121 Å². The average molecular weight is 1900 g/mol. The Morgan fingerprint density at radius 3 is 1.36 bits per heavy atom. The van der Waals surface area contributed by atoms with Crippen LogP contribution in [0, 0.1) is 17.3 Å². The number of imidazole rings is 1. The van der Waals surface area contributed by atoms with Crippen molar-refractivity contribution in [2.75, 3.05) is 152 Å². The predicted molar refractivity (Wildman–Crippen MR) is 487 cm³/mol. The third-order valence-electron chi connectivity index (χ3n) is 21.3. The Labute approximate surface area is 783 Å². The van der Waals surface area contributed by atoms with Crippen LogP contribution in [0.25, 0.3) is 0 Å². The van der Waals surface area contributed by atoms with Crippen molar-refractivity contribution in [3.8, 4) is 11.5 Å². The van der Waals surface area contributed by atoms with Gasteiger partial charge >= 0.3 is 29.8 Å². The molecule has 3 aromatic rings. The van der Waals surface area contributed by atoms with Crippen LogP contribution in [0.3, 0.4) is 0 Å². The van der Waals surface area contributed by atoms with E-state index in [9.17, 15) is 92.0 Å². The summed E-state index contributed by atoms with van der Waals surface area (Å²) in [4.78, 5) is 206. The molecule has 0 saturated carbocycles. The van der Waals surface area contributed by atoms with Crippen LogP contribution in [-0.4, -0.2) is 299 Å². The number of rotatable bonds is 90. The van der Waals surface area contributed by atoms with Gasteiger partial charge in [0.05, 0.1) is 127 Å². The lowest BCUT2D eigenvalue weighted by atomic mass is 9.81. The first-order valence-corrected chi connectivity index (χ1v) is 46.6. The number of benzene rings is 2. The van der Waals surface area contributed by atoms with Gasteiger partial charge in [0.25, 0.3) is 0 Å². The molecule has 0 aliphatic rings. The summed E-state index contributed by atoms with van der Waals surface area (Å²) in [5.41, 5.74) is 5.97. The summed E-state index contributed by atoms with van der Waals surface area (Å²) in [5.74, 6) is -10.3. The van der Waals surface area contributed by atoms with Gasteiger partial charge in [0.2, 0.25) is 29.5 Å². The maximum atomic E-state index is 14.0. The number of H-pyrrole nitrogens is 1. The van der Waals surface area contributed by atoms with Crippen LogP contribution in [0.2, 0.25) is 0 Å². The van der Waals surface area contributed by atoms with E-state index in [2.05, 4.69) is 41.9 Å². The van der Waals surface area contributed by atoms with Gasteiger partial charge in [0.15, 0.2) is 23.1 Å². The molecule has 1 aromatic heterocycles. The van der Waals surface area contributed by atoms with Gasteiger partial charge in [-0.2, -0.15) is 0 Å². The van der Waals surface area contributed by atoms with Crippen LogP contribution < -0.4 is 47.1 Å². The van der Waals surface area contributed by atoms with Gasteiger partial charge < -0.3 is 116 Å². The Balaban J connectivity index is 1.20. The summed E-state index contributed by atoms with van der Waals surface area (Å²) in [6.07, 6.45) is 15.6. The summed E-state index contributed by atoms with van der Waals surface area (Å²) < 4.78 is 54.8. The number of carbonyl (C=O) groups excluding carboxylic acids is 11. The van der Waals surface area contributed by atoms with E-state index in [1.165, 1.54) is 30.6 Å². The highest BCUT2D eigenvalue weighted by atomic mass is 16.5. The Morgan fingerprint density at radius 1 is 0.396 bits per heavy atom. The number of nitrogens with two attached hydrogens (primary N) is 1. The van der Waals surface area contributed by atoms with E-state index in [1.54, 1.807) is 44.3 Å². The number of ketones is 6. The highest BCUT2D eigenvalue weighted by molar-refractivity contribution is 5.95. The van der Waals surface area contributed by atoms with E-state index in [1.807, 2.05) is 0 Å². The number of carboxylic acids is 5. The van der Waals surface area contributed by atoms with Gasteiger partial charge in [-0.05, 0) is 120 Å². The Kier molecular flexibility index (Phi) is 64.9. The van der Waals surface area contributed by atoms with E-state index in [0.717, 1.165) is 64.2 Å². The molecule has 0 aliphatic carbocycles. The Hall–Kier alpha value is -10.4. The quantitative estimate of drug-likeness (QED) is 0.0256. The molecule has 0 bridgehead atoms. The summed E-state index contributed by atoms with van der Waals surface area (Å²) in [7, 11) is 0. The van der Waals surface area contributed by atoms with Crippen molar-refractivity contribution < 1.29 is 150 Å². The molecule has 40 heteroatoms. The van der Waals surface area contributed by atoms with Crippen molar-refractivity contribution in [2.24, 2.45) is 23.0 Å². The number of carbonyl (C=O) groups is 16. The fourth-order valence-electron chi connectivity index (χ4n) is 13.5. The predicted octanol–water partition coefficient (Wildman–Crippen LogP) is 6.89. The number of aliphatic carboxylic acids is 3. The number of carboxylic acid groups (broad SMARTS) is 5. The molecule has 0 aliphatic heterocycles. The number of hydrogen-bond donors (Lipinski definition) is 13. The van der Waals surface area contributed by atoms with Crippen molar-refractivity contribution in [1.29, 1.82) is 0 Å². The Morgan fingerprint density at radius 2 is 0.851 bits per heavy atom. The minimum Gasteiger partial charge on any atom is -0.494 e. The monoisotopic (exact) mass is 1900 g/mol. The third kappa shape index (κ3) is 60.7. The molecule has 0 saturated heterocycles. The van der Waals surface area contributed by atoms with Crippen LogP contribution in [0.5, 0.6) is 11.5 Å². The maximum Gasteiger partial charge on any atom is 0.335 e. The number of aromatic amines is 1. The first-order chi connectivity index (χ1) is 64.4. The molecule has 5 atom stereocenters. The number of Topliss-reactive ketones (excluding diaryl/α,β-unsaturated/α-hetero) is 6. The van der Waals surface area contributed by atoms with E-state index >= 15 is 0 Å². The molecule has 0 unspecified atom stereocenters. The number of nitrogens with zero attached hydrogens (tertiary/aromatic N) is 1. The molecule has 14 N–H and O–H groups in total. The highest BCUT2D eigenvalue weighted by Crippen LogP contribution is 2.25. The number of hydrogen-bond acceptors (Lipinski definition) is 29. The van der Waals surface area contributed by atoms with Gasteiger partial charge in [-0.1, -0.05) is 83.8 Å². The largest absolute Gasteiger partial charge is 0.494 e. The van der Waals surface area contributed by atoms with Crippen LogP contribution in [0.15, 0.2) is 61.1 Å². The topological polar surface area (TPSA) is 593 Å².